The highest BCUT2D eigenvalue weighted by molar-refractivity contribution is 9.09. The fourth-order valence-corrected chi connectivity index (χ4v) is 2.92. The first-order valence-electron chi connectivity index (χ1n) is 5.19. The van der Waals surface area contributed by atoms with Crippen LogP contribution in [0.2, 0.25) is 0 Å². The Hall–Kier alpha value is -0.120. The SMILES string of the molecule is C/C=S(\Cc1ccccc1)NCCCBr. The van der Waals surface area contributed by atoms with Crippen molar-refractivity contribution in [3.8, 4) is 0 Å². The van der Waals surface area contributed by atoms with E-state index in [1.165, 1.54) is 12.0 Å². The molecule has 3 heteroatoms. The van der Waals surface area contributed by atoms with E-state index < -0.39 is 0 Å². The number of halogens is 1. The predicted octanol–water partition coefficient (Wildman–Crippen LogP) is 3.57. The summed E-state index contributed by atoms with van der Waals surface area (Å²) in [5.41, 5.74) is 1.41. The molecule has 0 fully saturated rings. The number of hydrogen-bond acceptors (Lipinski definition) is 1. The largest absolute Gasteiger partial charge is 0.270 e. The molecule has 1 nitrogen and oxygen atoms in total. The van der Waals surface area contributed by atoms with E-state index in [4.69, 9.17) is 0 Å². The summed E-state index contributed by atoms with van der Waals surface area (Å²) in [6.07, 6.45) is 1.19. The molecule has 0 aliphatic heterocycles. The third-order valence-corrected chi connectivity index (χ3v) is 4.40. The molecule has 0 aliphatic carbocycles. The van der Waals surface area contributed by atoms with Crippen molar-refractivity contribution in [2.24, 2.45) is 0 Å². The summed E-state index contributed by atoms with van der Waals surface area (Å²) in [5.74, 6) is 1.11. The Bertz CT molecular complexity index is 298. The van der Waals surface area contributed by atoms with E-state index in [0.29, 0.717) is 0 Å². The van der Waals surface area contributed by atoms with Gasteiger partial charge in [-0.2, -0.15) is 0 Å². The smallest absolute Gasteiger partial charge is 0.0263 e. The molecule has 0 saturated carbocycles. The van der Waals surface area contributed by atoms with Crippen LogP contribution in [0.5, 0.6) is 0 Å². The number of rotatable bonds is 6. The zero-order chi connectivity index (χ0) is 10.9. The maximum Gasteiger partial charge on any atom is 0.0263 e. The molecule has 84 valence electrons. The average Bonchev–Trinajstić information content (AvgIpc) is 2.29. The second kappa shape index (κ2) is 8.08. The van der Waals surface area contributed by atoms with Gasteiger partial charge in [-0.3, -0.25) is 4.72 Å². The van der Waals surface area contributed by atoms with Crippen LogP contribution in [0.25, 0.3) is 0 Å². The van der Waals surface area contributed by atoms with Crippen molar-refractivity contribution in [2.75, 3.05) is 11.9 Å². The highest BCUT2D eigenvalue weighted by atomic mass is 79.9. The summed E-state index contributed by atoms with van der Waals surface area (Å²) in [7, 11) is 0.220. The first-order chi connectivity index (χ1) is 7.36. The molecule has 0 radical (unpaired) electrons. The zero-order valence-corrected chi connectivity index (χ0v) is 11.5. The summed E-state index contributed by atoms with van der Waals surface area (Å²) < 4.78 is 3.56. The van der Waals surface area contributed by atoms with E-state index in [0.717, 1.165) is 17.6 Å². The minimum absolute atomic E-state index is 0.220. The number of alkyl halides is 1. The van der Waals surface area contributed by atoms with Gasteiger partial charge in [-0.15, -0.1) is 10.7 Å². The Balaban J connectivity index is 2.41. The van der Waals surface area contributed by atoms with Gasteiger partial charge < -0.3 is 0 Å². The standard InChI is InChI=1S/C12H18BrNS/c1-2-15(14-10-6-9-13)11-12-7-4-3-5-8-12/h2-5,7-8,14H,6,9-11H2,1H3. The van der Waals surface area contributed by atoms with Crippen LogP contribution in [-0.4, -0.2) is 17.2 Å². The molecular weight excluding hydrogens is 270 g/mol. The van der Waals surface area contributed by atoms with Crippen molar-refractivity contribution >= 4 is 32.0 Å². The van der Waals surface area contributed by atoms with Crippen LogP contribution in [0.1, 0.15) is 18.9 Å². The van der Waals surface area contributed by atoms with Gasteiger partial charge in [0.25, 0.3) is 0 Å². The molecule has 0 heterocycles. The topological polar surface area (TPSA) is 12.0 Å². The Kier molecular flexibility index (Phi) is 6.98. The fraction of sp³-hybridized carbons (Fsp3) is 0.417. The second-order valence-corrected chi connectivity index (χ2v) is 5.93. The van der Waals surface area contributed by atoms with E-state index in [-0.39, 0.29) is 10.7 Å². The van der Waals surface area contributed by atoms with Crippen molar-refractivity contribution in [3.63, 3.8) is 0 Å². The van der Waals surface area contributed by atoms with Gasteiger partial charge in [-0.05, 0) is 24.3 Å². The van der Waals surface area contributed by atoms with Crippen LogP contribution in [0.15, 0.2) is 30.3 Å². The Morgan fingerprint density at radius 1 is 1.33 bits per heavy atom. The van der Waals surface area contributed by atoms with Crippen LogP contribution in [0.3, 0.4) is 0 Å². The van der Waals surface area contributed by atoms with Crippen LogP contribution in [-0.2, 0) is 5.75 Å². The van der Waals surface area contributed by atoms with E-state index in [9.17, 15) is 0 Å². The molecule has 0 saturated heterocycles. The quantitative estimate of drug-likeness (QED) is 0.479. The Morgan fingerprint density at radius 3 is 2.67 bits per heavy atom. The first kappa shape index (κ1) is 12.9. The Morgan fingerprint density at radius 2 is 2.07 bits per heavy atom. The van der Waals surface area contributed by atoms with Crippen molar-refractivity contribution in [3.05, 3.63) is 35.9 Å². The van der Waals surface area contributed by atoms with Crippen molar-refractivity contribution in [2.45, 2.75) is 19.1 Å². The zero-order valence-electron chi connectivity index (χ0n) is 9.08. The molecule has 0 aliphatic rings. The molecule has 1 aromatic carbocycles. The van der Waals surface area contributed by atoms with E-state index in [1.54, 1.807) is 0 Å². The van der Waals surface area contributed by atoms with Gasteiger partial charge in [0.2, 0.25) is 0 Å². The molecule has 1 atom stereocenters. The summed E-state index contributed by atoms with van der Waals surface area (Å²) >= 11 is 3.44. The number of benzene rings is 1. The van der Waals surface area contributed by atoms with Crippen molar-refractivity contribution in [1.29, 1.82) is 0 Å². The lowest BCUT2D eigenvalue weighted by atomic mass is 10.2. The van der Waals surface area contributed by atoms with Gasteiger partial charge >= 0.3 is 0 Å². The molecule has 0 bridgehead atoms. The molecule has 1 N–H and O–H groups in total. The van der Waals surface area contributed by atoms with E-state index in [1.807, 2.05) is 0 Å². The minimum atomic E-state index is 0.220. The molecule has 0 spiro atoms. The fourth-order valence-electron chi connectivity index (χ4n) is 1.24. The van der Waals surface area contributed by atoms with Gasteiger partial charge in [0.15, 0.2) is 0 Å². The van der Waals surface area contributed by atoms with Gasteiger partial charge in [-0.25, -0.2) is 0 Å². The molecule has 1 unspecified atom stereocenters. The van der Waals surface area contributed by atoms with Crippen molar-refractivity contribution in [1.82, 2.24) is 4.72 Å². The molecule has 1 rings (SSSR count). The molecule has 0 aromatic heterocycles. The van der Waals surface area contributed by atoms with Gasteiger partial charge in [0.1, 0.15) is 0 Å². The molecular formula is C12H18BrNS. The van der Waals surface area contributed by atoms with E-state index >= 15 is 0 Å². The highest BCUT2D eigenvalue weighted by Crippen LogP contribution is 2.15. The molecule has 15 heavy (non-hydrogen) atoms. The first-order valence-corrected chi connectivity index (χ1v) is 7.77. The van der Waals surface area contributed by atoms with E-state index in [2.05, 4.69) is 63.3 Å². The summed E-state index contributed by atoms with van der Waals surface area (Å²) in [5, 5.41) is 3.34. The van der Waals surface area contributed by atoms with Gasteiger partial charge in [0, 0.05) is 17.6 Å². The third kappa shape index (κ3) is 5.50. The van der Waals surface area contributed by atoms with Gasteiger partial charge in [0.05, 0.1) is 0 Å². The predicted molar refractivity (Wildman–Crippen MR) is 75.9 cm³/mol. The summed E-state index contributed by atoms with van der Waals surface area (Å²) in [4.78, 5) is 0. The van der Waals surface area contributed by atoms with Crippen LogP contribution in [0, 0.1) is 0 Å². The maximum absolute atomic E-state index is 3.56. The Labute approximate surface area is 103 Å². The highest BCUT2D eigenvalue weighted by Gasteiger charge is 1.95. The monoisotopic (exact) mass is 287 g/mol. The lowest BCUT2D eigenvalue weighted by Gasteiger charge is -2.10. The molecule has 0 amide bonds. The minimum Gasteiger partial charge on any atom is -0.270 e. The lowest BCUT2D eigenvalue weighted by molar-refractivity contribution is 0.889. The third-order valence-electron chi connectivity index (χ3n) is 2.05. The second-order valence-electron chi connectivity index (χ2n) is 3.23. The molecule has 1 aromatic rings. The summed E-state index contributed by atoms with van der Waals surface area (Å²) in [6.45, 7) is 3.22. The van der Waals surface area contributed by atoms with Crippen LogP contribution < -0.4 is 4.72 Å². The number of nitrogens with one attached hydrogen (secondary N) is 1. The number of hydrogen-bond donors (Lipinski definition) is 1. The summed E-state index contributed by atoms with van der Waals surface area (Å²) in [6, 6.07) is 10.6. The van der Waals surface area contributed by atoms with Crippen LogP contribution >= 0.6 is 26.6 Å². The normalized spacial score (nSPS) is 12.9. The maximum atomic E-state index is 3.56. The average molecular weight is 288 g/mol. The van der Waals surface area contributed by atoms with Crippen LogP contribution in [0.4, 0.5) is 0 Å². The van der Waals surface area contributed by atoms with Crippen molar-refractivity contribution < 1.29 is 0 Å². The van der Waals surface area contributed by atoms with Gasteiger partial charge in [-0.1, -0.05) is 46.3 Å². The lowest BCUT2D eigenvalue weighted by Crippen LogP contribution is -2.10.